The summed E-state index contributed by atoms with van der Waals surface area (Å²) in [5.41, 5.74) is 2.94. The standard InChI is InChI=1S/C14H17N3S/c1-9-5-6-10(8-15-9)11-7-12(18)17-13(16-11)14(2,3)4/h5-8H,1-4H3,(H,16,17,18). The Morgan fingerprint density at radius 1 is 1.22 bits per heavy atom. The van der Waals surface area contributed by atoms with Crippen molar-refractivity contribution in [1.82, 2.24) is 15.0 Å². The van der Waals surface area contributed by atoms with Crippen LogP contribution in [0.3, 0.4) is 0 Å². The molecule has 0 saturated heterocycles. The third-order valence-electron chi connectivity index (χ3n) is 2.68. The minimum absolute atomic E-state index is 0.0539. The van der Waals surface area contributed by atoms with E-state index in [1.807, 2.05) is 31.3 Å². The van der Waals surface area contributed by atoms with E-state index in [9.17, 15) is 0 Å². The minimum Gasteiger partial charge on any atom is -0.343 e. The monoisotopic (exact) mass is 259 g/mol. The first-order chi connectivity index (χ1) is 8.36. The average molecular weight is 259 g/mol. The number of nitrogens with zero attached hydrogens (tertiary/aromatic N) is 2. The number of hydrogen-bond acceptors (Lipinski definition) is 3. The van der Waals surface area contributed by atoms with Gasteiger partial charge < -0.3 is 4.98 Å². The SMILES string of the molecule is Cc1ccc(-c2cc(=S)nc(C(C)(C)C)[nH]2)cn1. The van der Waals surface area contributed by atoms with Crippen LogP contribution in [0.5, 0.6) is 0 Å². The largest absolute Gasteiger partial charge is 0.343 e. The number of pyridine rings is 1. The molecule has 4 heteroatoms. The lowest BCUT2D eigenvalue weighted by molar-refractivity contribution is 0.545. The summed E-state index contributed by atoms with van der Waals surface area (Å²) >= 11 is 5.23. The van der Waals surface area contributed by atoms with Gasteiger partial charge in [0, 0.05) is 22.9 Å². The van der Waals surface area contributed by atoms with E-state index in [2.05, 4.69) is 35.7 Å². The van der Waals surface area contributed by atoms with Crippen molar-refractivity contribution in [3.05, 3.63) is 40.6 Å². The van der Waals surface area contributed by atoms with Crippen LogP contribution < -0.4 is 0 Å². The summed E-state index contributed by atoms with van der Waals surface area (Å²) in [5, 5.41) is 0. The molecule has 2 heterocycles. The predicted octanol–water partition coefficient (Wildman–Crippen LogP) is 3.81. The lowest BCUT2D eigenvalue weighted by Gasteiger charge is -2.18. The molecule has 0 fully saturated rings. The van der Waals surface area contributed by atoms with Crippen LogP contribution in [-0.4, -0.2) is 15.0 Å². The molecule has 0 aliphatic rings. The average Bonchev–Trinajstić information content (AvgIpc) is 2.28. The van der Waals surface area contributed by atoms with Gasteiger partial charge in [-0.3, -0.25) is 4.98 Å². The molecule has 0 spiro atoms. The predicted molar refractivity (Wildman–Crippen MR) is 76.1 cm³/mol. The van der Waals surface area contributed by atoms with E-state index in [1.165, 1.54) is 0 Å². The van der Waals surface area contributed by atoms with E-state index < -0.39 is 0 Å². The van der Waals surface area contributed by atoms with Gasteiger partial charge in [0.15, 0.2) is 0 Å². The highest BCUT2D eigenvalue weighted by Crippen LogP contribution is 2.22. The Balaban J connectivity index is 2.55. The van der Waals surface area contributed by atoms with Crippen LogP contribution in [0.15, 0.2) is 24.4 Å². The number of aryl methyl sites for hydroxylation is 1. The molecule has 0 aromatic carbocycles. The normalized spacial score (nSPS) is 11.6. The third-order valence-corrected chi connectivity index (χ3v) is 2.88. The second-order valence-corrected chi connectivity index (χ2v) is 5.84. The van der Waals surface area contributed by atoms with Gasteiger partial charge in [0.25, 0.3) is 0 Å². The van der Waals surface area contributed by atoms with E-state index in [-0.39, 0.29) is 5.41 Å². The molecule has 0 atom stereocenters. The zero-order chi connectivity index (χ0) is 13.3. The third kappa shape index (κ3) is 2.82. The molecule has 0 unspecified atom stereocenters. The Morgan fingerprint density at radius 2 is 1.94 bits per heavy atom. The summed E-state index contributed by atoms with van der Waals surface area (Å²) < 4.78 is 0.606. The second-order valence-electron chi connectivity index (χ2n) is 5.42. The van der Waals surface area contributed by atoms with Crippen LogP contribution in [0.4, 0.5) is 0 Å². The fourth-order valence-electron chi connectivity index (χ4n) is 1.60. The maximum Gasteiger partial charge on any atom is 0.130 e. The van der Waals surface area contributed by atoms with Gasteiger partial charge in [-0.25, -0.2) is 4.98 Å². The molecule has 0 amide bonds. The lowest BCUT2D eigenvalue weighted by atomic mass is 9.95. The smallest absolute Gasteiger partial charge is 0.130 e. The molecule has 18 heavy (non-hydrogen) atoms. The van der Waals surface area contributed by atoms with Crippen molar-refractivity contribution in [2.24, 2.45) is 0 Å². The molecular weight excluding hydrogens is 242 g/mol. The highest BCUT2D eigenvalue weighted by Gasteiger charge is 2.17. The zero-order valence-electron chi connectivity index (χ0n) is 11.1. The van der Waals surface area contributed by atoms with E-state index >= 15 is 0 Å². The molecule has 2 aromatic rings. The highest BCUT2D eigenvalue weighted by atomic mass is 32.1. The molecule has 0 radical (unpaired) electrons. The molecule has 3 nitrogen and oxygen atoms in total. The molecule has 2 rings (SSSR count). The number of aromatic amines is 1. The Bertz CT molecular complexity index is 606. The first kappa shape index (κ1) is 12.9. The van der Waals surface area contributed by atoms with Crippen molar-refractivity contribution < 1.29 is 0 Å². The van der Waals surface area contributed by atoms with Gasteiger partial charge in [0.1, 0.15) is 10.5 Å². The lowest BCUT2D eigenvalue weighted by Crippen LogP contribution is -2.16. The van der Waals surface area contributed by atoms with Crippen molar-refractivity contribution in [2.75, 3.05) is 0 Å². The Hall–Kier alpha value is -1.55. The fourth-order valence-corrected chi connectivity index (χ4v) is 1.80. The molecular formula is C14H17N3S. The van der Waals surface area contributed by atoms with Crippen LogP contribution >= 0.6 is 12.2 Å². The van der Waals surface area contributed by atoms with Crippen molar-refractivity contribution in [3.8, 4) is 11.3 Å². The van der Waals surface area contributed by atoms with Crippen LogP contribution in [0, 0.1) is 11.6 Å². The summed E-state index contributed by atoms with van der Waals surface area (Å²) in [4.78, 5) is 12.0. The molecule has 0 saturated carbocycles. The number of aromatic nitrogens is 3. The van der Waals surface area contributed by atoms with Crippen LogP contribution in [0.2, 0.25) is 0 Å². The quantitative estimate of drug-likeness (QED) is 0.792. The molecule has 1 N–H and O–H groups in total. The summed E-state index contributed by atoms with van der Waals surface area (Å²) in [7, 11) is 0. The Kier molecular flexibility index (Phi) is 3.30. The first-order valence-corrected chi connectivity index (χ1v) is 6.32. The van der Waals surface area contributed by atoms with Gasteiger partial charge >= 0.3 is 0 Å². The summed E-state index contributed by atoms with van der Waals surface area (Å²) in [5.74, 6) is 0.894. The fraction of sp³-hybridized carbons (Fsp3) is 0.357. The van der Waals surface area contributed by atoms with E-state index in [4.69, 9.17) is 12.2 Å². The second kappa shape index (κ2) is 4.61. The molecule has 0 bridgehead atoms. The van der Waals surface area contributed by atoms with E-state index in [0.29, 0.717) is 4.64 Å². The number of rotatable bonds is 1. The maximum absolute atomic E-state index is 5.23. The van der Waals surface area contributed by atoms with Crippen molar-refractivity contribution in [3.63, 3.8) is 0 Å². The Labute approximate surface area is 112 Å². The van der Waals surface area contributed by atoms with Gasteiger partial charge in [-0.15, -0.1) is 0 Å². The molecule has 2 aromatic heterocycles. The first-order valence-electron chi connectivity index (χ1n) is 5.91. The van der Waals surface area contributed by atoms with Crippen molar-refractivity contribution >= 4 is 12.2 Å². The summed E-state index contributed by atoms with van der Waals surface area (Å²) in [6.45, 7) is 8.30. The van der Waals surface area contributed by atoms with Crippen molar-refractivity contribution in [1.29, 1.82) is 0 Å². The maximum atomic E-state index is 5.23. The van der Waals surface area contributed by atoms with Crippen LogP contribution in [0.25, 0.3) is 11.3 Å². The minimum atomic E-state index is -0.0539. The van der Waals surface area contributed by atoms with Gasteiger partial charge in [0.2, 0.25) is 0 Å². The van der Waals surface area contributed by atoms with Crippen LogP contribution in [0.1, 0.15) is 32.3 Å². The van der Waals surface area contributed by atoms with E-state index in [1.54, 1.807) is 0 Å². The van der Waals surface area contributed by atoms with E-state index in [0.717, 1.165) is 22.8 Å². The summed E-state index contributed by atoms with van der Waals surface area (Å²) in [6.07, 6.45) is 1.85. The number of H-pyrrole nitrogens is 1. The molecule has 0 aliphatic heterocycles. The van der Waals surface area contributed by atoms with Gasteiger partial charge in [0.05, 0.1) is 5.69 Å². The van der Waals surface area contributed by atoms with Gasteiger partial charge in [-0.2, -0.15) is 0 Å². The topological polar surface area (TPSA) is 41.6 Å². The highest BCUT2D eigenvalue weighted by molar-refractivity contribution is 7.71. The number of nitrogens with one attached hydrogen (secondary N) is 1. The van der Waals surface area contributed by atoms with Gasteiger partial charge in [-0.05, 0) is 25.1 Å². The zero-order valence-corrected chi connectivity index (χ0v) is 11.9. The molecule has 0 aliphatic carbocycles. The Morgan fingerprint density at radius 3 is 2.50 bits per heavy atom. The summed E-state index contributed by atoms with van der Waals surface area (Å²) in [6, 6.07) is 5.90. The van der Waals surface area contributed by atoms with Crippen LogP contribution in [-0.2, 0) is 5.41 Å². The number of hydrogen-bond donors (Lipinski definition) is 1. The van der Waals surface area contributed by atoms with Crippen molar-refractivity contribution in [2.45, 2.75) is 33.1 Å². The molecule has 94 valence electrons. The van der Waals surface area contributed by atoms with Gasteiger partial charge in [-0.1, -0.05) is 33.0 Å².